The van der Waals surface area contributed by atoms with Crippen LogP contribution in [0, 0.1) is 0 Å². The van der Waals surface area contributed by atoms with Crippen LogP contribution in [0.4, 0.5) is 5.69 Å². The van der Waals surface area contributed by atoms with Crippen molar-refractivity contribution < 1.29 is 9.53 Å². The Bertz CT molecular complexity index is 385. The summed E-state index contributed by atoms with van der Waals surface area (Å²) in [7, 11) is 1.58. The van der Waals surface area contributed by atoms with E-state index in [1.807, 2.05) is 12.1 Å². The fraction of sp³-hybridized carbons (Fsp3) is 0.417. The number of nitrogens with one attached hydrogen (secondary N) is 1. The van der Waals surface area contributed by atoms with Gasteiger partial charge in [0.2, 0.25) is 5.91 Å². The molecule has 0 saturated carbocycles. The zero-order chi connectivity index (χ0) is 12.7. The van der Waals surface area contributed by atoms with Crippen molar-refractivity contribution in [1.29, 1.82) is 0 Å². The molecule has 0 unspecified atom stereocenters. The maximum Gasteiger partial charge on any atom is 0.224 e. The first-order valence-corrected chi connectivity index (χ1v) is 6.69. The van der Waals surface area contributed by atoms with E-state index in [0.717, 1.165) is 17.3 Å². The number of anilines is 1. The molecule has 0 heterocycles. The maximum atomic E-state index is 11.6. The molecule has 0 fully saturated rings. The van der Waals surface area contributed by atoms with Crippen molar-refractivity contribution in [2.45, 2.75) is 19.3 Å². The van der Waals surface area contributed by atoms with E-state index < -0.39 is 0 Å². The number of methoxy groups -OCH3 is 1. The average molecular weight is 321 g/mol. The summed E-state index contributed by atoms with van der Waals surface area (Å²) in [4.78, 5) is 11.6. The third-order valence-electron chi connectivity index (χ3n) is 2.22. The molecule has 0 radical (unpaired) electrons. The summed E-state index contributed by atoms with van der Waals surface area (Å²) < 4.78 is 6.07. The lowest BCUT2D eigenvalue weighted by Gasteiger charge is -2.10. The van der Waals surface area contributed by atoms with Crippen LogP contribution in [0.15, 0.2) is 22.7 Å². The van der Waals surface area contributed by atoms with Crippen molar-refractivity contribution in [3.8, 4) is 5.75 Å². The summed E-state index contributed by atoms with van der Waals surface area (Å²) in [5, 5.41) is 2.82. The molecule has 17 heavy (non-hydrogen) atoms. The van der Waals surface area contributed by atoms with Gasteiger partial charge >= 0.3 is 0 Å². The van der Waals surface area contributed by atoms with E-state index >= 15 is 0 Å². The monoisotopic (exact) mass is 319 g/mol. The number of carbonyl (C=O) groups is 1. The number of hydrogen-bond acceptors (Lipinski definition) is 2. The van der Waals surface area contributed by atoms with Gasteiger partial charge in [0.15, 0.2) is 0 Å². The highest BCUT2D eigenvalue weighted by Gasteiger charge is 2.07. The van der Waals surface area contributed by atoms with Crippen LogP contribution >= 0.6 is 27.5 Å². The van der Waals surface area contributed by atoms with E-state index in [-0.39, 0.29) is 5.91 Å². The molecule has 1 rings (SSSR count). The van der Waals surface area contributed by atoms with Gasteiger partial charge in [-0.1, -0.05) is 15.9 Å². The van der Waals surface area contributed by atoms with Gasteiger partial charge in [0.05, 0.1) is 12.8 Å². The molecular formula is C12H15BrClNO2. The number of hydrogen-bond donors (Lipinski definition) is 1. The Morgan fingerprint density at radius 3 is 2.88 bits per heavy atom. The fourth-order valence-corrected chi connectivity index (χ4v) is 1.92. The number of amides is 1. The molecular weight excluding hydrogens is 305 g/mol. The number of unbranched alkanes of at least 4 members (excludes halogenated alkanes) is 1. The summed E-state index contributed by atoms with van der Waals surface area (Å²) in [6.45, 7) is 0. The van der Waals surface area contributed by atoms with Crippen LogP contribution in [0.25, 0.3) is 0 Å². The van der Waals surface area contributed by atoms with Crippen LogP contribution in [-0.2, 0) is 4.79 Å². The third kappa shape index (κ3) is 4.96. The van der Waals surface area contributed by atoms with Gasteiger partial charge in [0.25, 0.3) is 0 Å². The largest absolute Gasteiger partial charge is 0.495 e. The molecule has 0 aliphatic carbocycles. The molecule has 1 N–H and O–H groups in total. The van der Waals surface area contributed by atoms with E-state index in [1.54, 1.807) is 13.2 Å². The van der Waals surface area contributed by atoms with Gasteiger partial charge < -0.3 is 10.1 Å². The predicted octanol–water partition coefficient (Wildman–Crippen LogP) is 3.81. The Labute approximate surface area is 115 Å². The lowest BCUT2D eigenvalue weighted by atomic mass is 10.2. The fourth-order valence-electron chi connectivity index (χ4n) is 1.37. The van der Waals surface area contributed by atoms with Crippen LogP contribution < -0.4 is 10.1 Å². The first-order chi connectivity index (χ1) is 8.17. The second kappa shape index (κ2) is 7.56. The Kier molecular flexibility index (Phi) is 6.37. The summed E-state index contributed by atoms with van der Waals surface area (Å²) >= 11 is 8.91. The molecule has 0 bridgehead atoms. The predicted molar refractivity (Wildman–Crippen MR) is 73.9 cm³/mol. The summed E-state index contributed by atoms with van der Waals surface area (Å²) in [6.07, 6.45) is 2.12. The highest BCUT2D eigenvalue weighted by molar-refractivity contribution is 9.10. The summed E-state index contributed by atoms with van der Waals surface area (Å²) in [6, 6.07) is 5.48. The van der Waals surface area contributed by atoms with Crippen molar-refractivity contribution in [2.24, 2.45) is 0 Å². The topological polar surface area (TPSA) is 38.3 Å². The molecule has 1 aromatic carbocycles. The number of ether oxygens (including phenoxy) is 1. The number of carbonyl (C=O) groups excluding carboxylic acids is 1. The molecule has 0 aromatic heterocycles. The molecule has 0 aliphatic rings. The van der Waals surface area contributed by atoms with Gasteiger partial charge in [-0.3, -0.25) is 4.79 Å². The summed E-state index contributed by atoms with van der Waals surface area (Å²) in [5.41, 5.74) is 0.678. The van der Waals surface area contributed by atoms with Crippen molar-refractivity contribution in [3.63, 3.8) is 0 Å². The van der Waals surface area contributed by atoms with Crippen LogP contribution in [0.1, 0.15) is 19.3 Å². The second-order valence-corrected chi connectivity index (χ2v) is 4.83. The molecule has 0 saturated heterocycles. The number of alkyl halides is 1. The van der Waals surface area contributed by atoms with Crippen molar-refractivity contribution in [2.75, 3.05) is 18.3 Å². The highest BCUT2D eigenvalue weighted by Crippen LogP contribution is 2.28. The van der Waals surface area contributed by atoms with Crippen molar-refractivity contribution in [1.82, 2.24) is 0 Å². The standard InChI is InChI=1S/C12H15BrClNO2/c1-17-11-6-5-9(13)8-10(11)15-12(16)4-2-3-7-14/h5-6,8H,2-4,7H2,1H3,(H,15,16). The minimum Gasteiger partial charge on any atom is -0.495 e. The molecule has 1 amide bonds. The highest BCUT2D eigenvalue weighted by atomic mass is 79.9. The van der Waals surface area contributed by atoms with Crippen molar-refractivity contribution >= 4 is 39.1 Å². The zero-order valence-electron chi connectivity index (χ0n) is 9.63. The SMILES string of the molecule is COc1ccc(Br)cc1NC(=O)CCCCCl. The van der Waals surface area contributed by atoms with Gasteiger partial charge in [-0.25, -0.2) is 0 Å². The lowest BCUT2D eigenvalue weighted by molar-refractivity contribution is -0.116. The molecule has 0 atom stereocenters. The molecule has 3 nitrogen and oxygen atoms in total. The number of halogens is 2. The van der Waals surface area contributed by atoms with E-state index in [4.69, 9.17) is 16.3 Å². The minimum atomic E-state index is -0.0217. The Hall–Kier alpha value is -0.740. The molecule has 0 aliphatic heterocycles. The van der Waals surface area contributed by atoms with E-state index in [0.29, 0.717) is 23.7 Å². The van der Waals surface area contributed by atoms with Gasteiger partial charge in [-0.2, -0.15) is 0 Å². The molecule has 5 heteroatoms. The van der Waals surface area contributed by atoms with Gasteiger partial charge in [-0.05, 0) is 31.0 Å². The Balaban J connectivity index is 2.60. The van der Waals surface area contributed by atoms with Gasteiger partial charge in [0.1, 0.15) is 5.75 Å². The van der Waals surface area contributed by atoms with Crippen LogP contribution in [0.5, 0.6) is 5.75 Å². The molecule has 0 spiro atoms. The normalized spacial score (nSPS) is 10.1. The average Bonchev–Trinajstić information content (AvgIpc) is 2.29. The second-order valence-electron chi connectivity index (χ2n) is 3.54. The van der Waals surface area contributed by atoms with Crippen LogP contribution in [0.2, 0.25) is 0 Å². The third-order valence-corrected chi connectivity index (χ3v) is 2.98. The zero-order valence-corrected chi connectivity index (χ0v) is 12.0. The molecule has 94 valence electrons. The Morgan fingerprint density at radius 2 is 2.24 bits per heavy atom. The number of rotatable bonds is 6. The van der Waals surface area contributed by atoms with Gasteiger partial charge in [-0.15, -0.1) is 11.6 Å². The van der Waals surface area contributed by atoms with Crippen molar-refractivity contribution in [3.05, 3.63) is 22.7 Å². The quantitative estimate of drug-likeness (QED) is 0.639. The first-order valence-electron chi connectivity index (χ1n) is 5.36. The number of benzene rings is 1. The van der Waals surface area contributed by atoms with Gasteiger partial charge in [0, 0.05) is 16.8 Å². The lowest BCUT2D eigenvalue weighted by Crippen LogP contribution is -2.12. The minimum absolute atomic E-state index is 0.0217. The first kappa shape index (κ1) is 14.3. The Morgan fingerprint density at radius 1 is 1.47 bits per heavy atom. The smallest absolute Gasteiger partial charge is 0.224 e. The van der Waals surface area contributed by atoms with E-state index in [1.165, 1.54) is 0 Å². The van der Waals surface area contributed by atoms with Crippen LogP contribution in [0.3, 0.4) is 0 Å². The van der Waals surface area contributed by atoms with E-state index in [9.17, 15) is 4.79 Å². The molecule has 1 aromatic rings. The maximum absolute atomic E-state index is 11.6. The van der Waals surface area contributed by atoms with E-state index in [2.05, 4.69) is 21.2 Å². The van der Waals surface area contributed by atoms with Crippen LogP contribution in [-0.4, -0.2) is 18.9 Å². The summed E-state index contributed by atoms with van der Waals surface area (Å²) in [5.74, 6) is 1.22.